The second kappa shape index (κ2) is 5.04. The van der Waals surface area contributed by atoms with E-state index in [2.05, 4.69) is 4.98 Å². The number of pyridine rings is 1. The summed E-state index contributed by atoms with van der Waals surface area (Å²) >= 11 is 0. The Labute approximate surface area is 99.4 Å². The number of nitriles is 1. The van der Waals surface area contributed by atoms with Gasteiger partial charge in [0.1, 0.15) is 5.92 Å². The third-order valence-corrected chi connectivity index (χ3v) is 2.47. The molecule has 1 heterocycles. The molecule has 0 bridgehead atoms. The van der Waals surface area contributed by atoms with Crippen LogP contribution in [0.2, 0.25) is 0 Å². The highest BCUT2D eigenvalue weighted by Gasteiger charge is 2.21. The molecule has 17 heavy (non-hydrogen) atoms. The topological polar surface area (TPSA) is 53.8 Å². The number of hydrogen-bond acceptors (Lipinski definition) is 3. The zero-order valence-electron chi connectivity index (χ0n) is 9.08. The average Bonchev–Trinajstić information content (AvgIpc) is 2.42. The molecular formula is C14H10N2O. The van der Waals surface area contributed by atoms with E-state index in [4.69, 9.17) is 5.26 Å². The maximum absolute atomic E-state index is 12.1. The zero-order valence-corrected chi connectivity index (χ0v) is 9.08. The number of hydrogen-bond donors (Lipinski definition) is 0. The lowest BCUT2D eigenvalue weighted by Gasteiger charge is -2.07. The maximum atomic E-state index is 12.1. The number of nitrogens with zero attached hydrogens (tertiary/aromatic N) is 2. The SMILES string of the molecule is N#CC(C(=O)c1ccccc1)c1cccnc1. The van der Waals surface area contributed by atoms with Crippen molar-refractivity contribution < 1.29 is 4.79 Å². The minimum Gasteiger partial charge on any atom is -0.292 e. The van der Waals surface area contributed by atoms with Crippen LogP contribution in [-0.4, -0.2) is 10.8 Å². The van der Waals surface area contributed by atoms with Crippen molar-refractivity contribution in [2.24, 2.45) is 0 Å². The summed E-state index contributed by atoms with van der Waals surface area (Å²) in [6, 6.07) is 14.3. The molecule has 3 nitrogen and oxygen atoms in total. The van der Waals surface area contributed by atoms with Gasteiger partial charge in [-0.15, -0.1) is 0 Å². The number of aromatic nitrogens is 1. The van der Waals surface area contributed by atoms with Crippen LogP contribution in [0.1, 0.15) is 21.8 Å². The van der Waals surface area contributed by atoms with Gasteiger partial charge >= 0.3 is 0 Å². The molecule has 0 saturated heterocycles. The van der Waals surface area contributed by atoms with Gasteiger partial charge in [-0.2, -0.15) is 5.26 Å². The Morgan fingerprint density at radius 1 is 1.18 bits per heavy atom. The van der Waals surface area contributed by atoms with Crippen LogP contribution in [0.25, 0.3) is 0 Å². The number of carbonyl (C=O) groups excluding carboxylic acids is 1. The van der Waals surface area contributed by atoms with E-state index in [-0.39, 0.29) is 5.78 Å². The van der Waals surface area contributed by atoms with Gasteiger partial charge < -0.3 is 0 Å². The fourth-order valence-corrected chi connectivity index (χ4v) is 1.60. The molecule has 1 unspecified atom stereocenters. The van der Waals surface area contributed by atoms with E-state index in [0.29, 0.717) is 11.1 Å². The molecule has 0 saturated carbocycles. The van der Waals surface area contributed by atoms with Gasteiger partial charge in [-0.1, -0.05) is 36.4 Å². The van der Waals surface area contributed by atoms with Crippen molar-refractivity contribution in [1.29, 1.82) is 5.26 Å². The predicted octanol–water partition coefficient (Wildman–Crippen LogP) is 2.57. The molecule has 1 aromatic heterocycles. The van der Waals surface area contributed by atoms with E-state index >= 15 is 0 Å². The monoisotopic (exact) mass is 222 g/mol. The predicted molar refractivity (Wildman–Crippen MR) is 63.4 cm³/mol. The van der Waals surface area contributed by atoms with Crippen molar-refractivity contribution >= 4 is 5.78 Å². The lowest BCUT2D eigenvalue weighted by molar-refractivity contribution is 0.0979. The average molecular weight is 222 g/mol. The molecule has 0 aliphatic heterocycles. The summed E-state index contributed by atoms with van der Waals surface area (Å²) in [4.78, 5) is 16.1. The Morgan fingerprint density at radius 2 is 1.94 bits per heavy atom. The first-order valence-electron chi connectivity index (χ1n) is 5.21. The van der Waals surface area contributed by atoms with E-state index in [0.717, 1.165) is 0 Å². The summed E-state index contributed by atoms with van der Waals surface area (Å²) in [7, 11) is 0. The van der Waals surface area contributed by atoms with Crippen LogP contribution in [0.4, 0.5) is 0 Å². The normalized spacial score (nSPS) is 11.5. The number of benzene rings is 1. The first kappa shape index (κ1) is 11.0. The summed E-state index contributed by atoms with van der Waals surface area (Å²) in [5, 5.41) is 9.11. The van der Waals surface area contributed by atoms with Crippen LogP contribution >= 0.6 is 0 Å². The molecule has 0 aliphatic carbocycles. The summed E-state index contributed by atoms with van der Waals surface area (Å²) in [6.45, 7) is 0. The van der Waals surface area contributed by atoms with Gasteiger partial charge in [-0.05, 0) is 11.6 Å². The number of carbonyl (C=O) groups is 1. The Kier molecular flexibility index (Phi) is 3.27. The van der Waals surface area contributed by atoms with Crippen LogP contribution in [-0.2, 0) is 0 Å². The Hall–Kier alpha value is -2.47. The van der Waals surface area contributed by atoms with E-state index < -0.39 is 5.92 Å². The van der Waals surface area contributed by atoms with Crippen LogP contribution in [0, 0.1) is 11.3 Å². The van der Waals surface area contributed by atoms with Crippen molar-refractivity contribution in [2.75, 3.05) is 0 Å². The van der Waals surface area contributed by atoms with E-state index in [1.54, 1.807) is 48.8 Å². The molecule has 82 valence electrons. The van der Waals surface area contributed by atoms with Crippen molar-refractivity contribution in [2.45, 2.75) is 5.92 Å². The Morgan fingerprint density at radius 3 is 2.53 bits per heavy atom. The summed E-state index contributed by atoms with van der Waals surface area (Å²) in [5.41, 5.74) is 1.17. The van der Waals surface area contributed by atoms with Crippen molar-refractivity contribution in [3.8, 4) is 6.07 Å². The lowest BCUT2D eigenvalue weighted by Crippen LogP contribution is -2.11. The van der Waals surface area contributed by atoms with Crippen molar-refractivity contribution in [3.05, 3.63) is 66.0 Å². The molecule has 2 rings (SSSR count). The van der Waals surface area contributed by atoms with Gasteiger partial charge in [-0.3, -0.25) is 9.78 Å². The standard InChI is InChI=1S/C14H10N2O/c15-9-13(12-7-4-8-16-10-12)14(17)11-5-2-1-3-6-11/h1-8,10,13H. The fourth-order valence-electron chi connectivity index (χ4n) is 1.60. The summed E-state index contributed by atoms with van der Waals surface area (Å²) < 4.78 is 0. The highest BCUT2D eigenvalue weighted by Crippen LogP contribution is 2.19. The molecule has 0 aliphatic rings. The van der Waals surface area contributed by atoms with Gasteiger partial charge in [0.15, 0.2) is 5.78 Å². The van der Waals surface area contributed by atoms with Gasteiger partial charge in [0, 0.05) is 18.0 Å². The fraction of sp³-hybridized carbons (Fsp3) is 0.0714. The third-order valence-electron chi connectivity index (χ3n) is 2.47. The zero-order chi connectivity index (χ0) is 12.1. The molecule has 1 aromatic carbocycles. The number of ketones is 1. The molecule has 0 spiro atoms. The number of rotatable bonds is 3. The summed E-state index contributed by atoms with van der Waals surface area (Å²) in [5.74, 6) is -0.979. The molecule has 0 N–H and O–H groups in total. The van der Waals surface area contributed by atoms with Crippen molar-refractivity contribution in [1.82, 2.24) is 4.98 Å². The van der Waals surface area contributed by atoms with Crippen LogP contribution in [0.15, 0.2) is 54.9 Å². The molecule has 0 amide bonds. The van der Waals surface area contributed by atoms with Crippen LogP contribution in [0.5, 0.6) is 0 Å². The first-order valence-corrected chi connectivity index (χ1v) is 5.21. The van der Waals surface area contributed by atoms with Crippen LogP contribution < -0.4 is 0 Å². The lowest BCUT2D eigenvalue weighted by atomic mass is 9.93. The van der Waals surface area contributed by atoms with Gasteiger partial charge in [0.2, 0.25) is 0 Å². The van der Waals surface area contributed by atoms with Gasteiger partial charge in [-0.25, -0.2) is 0 Å². The van der Waals surface area contributed by atoms with Crippen molar-refractivity contribution in [3.63, 3.8) is 0 Å². The molecule has 1 atom stereocenters. The number of Topliss-reactive ketones (excluding diaryl/α,β-unsaturated/α-hetero) is 1. The second-order valence-corrected chi connectivity index (χ2v) is 3.58. The van der Waals surface area contributed by atoms with Gasteiger partial charge in [0.25, 0.3) is 0 Å². The highest BCUT2D eigenvalue weighted by molar-refractivity contribution is 6.02. The smallest absolute Gasteiger partial charge is 0.184 e. The Bertz CT molecular complexity index is 543. The molecule has 0 fully saturated rings. The molecule has 3 heteroatoms. The third kappa shape index (κ3) is 2.37. The molecular weight excluding hydrogens is 212 g/mol. The quantitative estimate of drug-likeness (QED) is 0.750. The molecule has 2 aromatic rings. The summed E-state index contributed by atoms with van der Waals surface area (Å²) in [6.07, 6.45) is 3.17. The minimum atomic E-state index is -0.786. The second-order valence-electron chi connectivity index (χ2n) is 3.58. The van der Waals surface area contributed by atoms with Crippen LogP contribution in [0.3, 0.4) is 0 Å². The van der Waals surface area contributed by atoms with Gasteiger partial charge in [0.05, 0.1) is 6.07 Å². The van der Waals surface area contributed by atoms with E-state index in [1.807, 2.05) is 12.1 Å². The van der Waals surface area contributed by atoms with E-state index in [1.165, 1.54) is 0 Å². The maximum Gasteiger partial charge on any atom is 0.184 e. The minimum absolute atomic E-state index is 0.193. The largest absolute Gasteiger partial charge is 0.292 e. The molecule has 0 radical (unpaired) electrons. The first-order chi connectivity index (χ1) is 8.33. The Balaban J connectivity index is 2.33. The van der Waals surface area contributed by atoms with E-state index in [9.17, 15) is 4.79 Å². The highest BCUT2D eigenvalue weighted by atomic mass is 16.1.